The molecule has 0 saturated carbocycles. The number of β-amino-alcohol motifs (C(OH)–C–C–N with tert-alkyl or cyclic N) is 1. The number of hydrogen-bond acceptors (Lipinski definition) is 5. The number of carbonyl (C=O) groups is 1. The molecule has 132 valence electrons. The number of hydrogen-bond donors (Lipinski definition) is 1. The van der Waals surface area contributed by atoms with Crippen molar-refractivity contribution >= 4 is 5.91 Å². The smallest absolute Gasteiger partial charge is 0.254 e. The molecule has 0 spiro atoms. The summed E-state index contributed by atoms with van der Waals surface area (Å²) in [5.74, 6) is 1.08. The number of carbonyl (C=O) groups excluding carboxylic acids is 1. The average molecular weight is 334 g/mol. The summed E-state index contributed by atoms with van der Waals surface area (Å²) in [4.78, 5) is 16.8. The third kappa shape index (κ3) is 3.65. The summed E-state index contributed by atoms with van der Waals surface area (Å²) >= 11 is 0. The van der Waals surface area contributed by atoms with Crippen LogP contribution in [-0.4, -0.2) is 73.4 Å². The molecule has 1 amide bonds. The summed E-state index contributed by atoms with van der Waals surface area (Å²) in [6, 6.07) is 5.16. The number of likely N-dealkylation sites (tertiary alicyclic amines) is 2. The molecule has 3 rings (SSSR count). The number of rotatable bonds is 5. The van der Waals surface area contributed by atoms with E-state index in [-0.39, 0.29) is 5.91 Å². The molecular formula is C18H26N2O4. The van der Waals surface area contributed by atoms with Crippen LogP contribution in [0.25, 0.3) is 0 Å². The second-order valence-electron chi connectivity index (χ2n) is 6.79. The molecule has 0 bridgehead atoms. The van der Waals surface area contributed by atoms with Gasteiger partial charge in [0.05, 0.1) is 26.4 Å². The predicted molar refractivity (Wildman–Crippen MR) is 90.7 cm³/mol. The van der Waals surface area contributed by atoms with Gasteiger partial charge in [0.15, 0.2) is 0 Å². The molecule has 1 aromatic carbocycles. The van der Waals surface area contributed by atoms with E-state index < -0.39 is 5.60 Å². The van der Waals surface area contributed by atoms with Crippen molar-refractivity contribution in [2.24, 2.45) is 0 Å². The summed E-state index contributed by atoms with van der Waals surface area (Å²) in [5, 5.41) is 10.8. The minimum Gasteiger partial charge on any atom is -0.497 e. The van der Waals surface area contributed by atoms with Gasteiger partial charge in [-0.3, -0.25) is 4.79 Å². The minimum atomic E-state index is -0.803. The van der Waals surface area contributed by atoms with Crippen molar-refractivity contribution in [2.45, 2.75) is 24.9 Å². The molecule has 0 aromatic heterocycles. The lowest BCUT2D eigenvalue weighted by Gasteiger charge is -2.28. The zero-order valence-electron chi connectivity index (χ0n) is 14.5. The molecule has 0 radical (unpaired) electrons. The first kappa shape index (κ1) is 17.0. The minimum absolute atomic E-state index is 0.0930. The number of benzene rings is 1. The topological polar surface area (TPSA) is 62.2 Å². The third-order valence-corrected chi connectivity index (χ3v) is 4.93. The Morgan fingerprint density at radius 2 is 1.75 bits per heavy atom. The zero-order valence-corrected chi connectivity index (χ0v) is 14.5. The van der Waals surface area contributed by atoms with Crippen molar-refractivity contribution in [2.75, 3.05) is 46.9 Å². The summed E-state index contributed by atoms with van der Waals surface area (Å²) < 4.78 is 10.5. The van der Waals surface area contributed by atoms with Crippen molar-refractivity contribution in [3.63, 3.8) is 0 Å². The van der Waals surface area contributed by atoms with Crippen LogP contribution in [0.15, 0.2) is 18.2 Å². The Labute approximate surface area is 143 Å². The van der Waals surface area contributed by atoms with Crippen molar-refractivity contribution in [1.29, 1.82) is 0 Å². The molecule has 1 atom stereocenters. The molecule has 6 nitrogen and oxygen atoms in total. The van der Waals surface area contributed by atoms with E-state index in [1.807, 2.05) is 0 Å². The van der Waals surface area contributed by atoms with Crippen LogP contribution < -0.4 is 9.47 Å². The van der Waals surface area contributed by atoms with Crippen LogP contribution in [-0.2, 0) is 0 Å². The van der Waals surface area contributed by atoms with E-state index in [4.69, 9.17) is 9.47 Å². The standard InChI is InChI=1S/C18H26N2O4/c1-23-15-9-14(10-16(11-15)24-2)17(21)20-8-5-18(22,13-20)12-19-6-3-4-7-19/h9-11,22H,3-8,12-13H2,1-2H3/t18-/m0/s1. The van der Waals surface area contributed by atoms with Gasteiger partial charge in [-0.05, 0) is 44.5 Å². The van der Waals surface area contributed by atoms with Gasteiger partial charge >= 0.3 is 0 Å². The number of amides is 1. The van der Waals surface area contributed by atoms with Gasteiger partial charge in [-0.25, -0.2) is 0 Å². The predicted octanol–water partition coefficient (Wildman–Crippen LogP) is 1.38. The van der Waals surface area contributed by atoms with Crippen LogP contribution in [0.1, 0.15) is 29.6 Å². The highest BCUT2D eigenvalue weighted by molar-refractivity contribution is 5.95. The monoisotopic (exact) mass is 334 g/mol. The number of aliphatic hydroxyl groups is 1. The second-order valence-corrected chi connectivity index (χ2v) is 6.79. The molecule has 2 saturated heterocycles. The highest BCUT2D eigenvalue weighted by atomic mass is 16.5. The fourth-order valence-electron chi connectivity index (χ4n) is 3.63. The number of methoxy groups -OCH3 is 2. The van der Waals surface area contributed by atoms with Crippen molar-refractivity contribution in [1.82, 2.24) is 9.80 Å². The lowest BCUT2D eigenvalue weighted by molar-refractivity contribution is 0.0175. The summed E-state index contributed by atoms with van der Waals surface area (Å²) in [6.07, 6.45) is 3.01. The first-order valence-corrected chi connectivity index (χ1v) is 8.50. The maximum Gasteiger partial charge on any atom is 0.254 e. The molecule has 0 unspecified atom stereocenters. The van der Waals surface area contributed by atoms with Crippen LogP contribution in [0, 0.1) is 0 Å². The lowest BCUT2D eigenvalue weighted by Crippen LogP contribution is -2.45. The molecule has 2 aliphatic heterocycles. The molecule has 2 heterocycles. The van der Waals surface area contributed by atoms with E-state index >= 15 is 0 Å². The number of nitrogens with zero attached hydrogens (tertiary/aromatic N) is 2. The Kier molecular flexibility index (Phi) is 4.96. The fraction of sp³-hybridized carbons (Fsp3) is 0.611. The van der Waals surface area contributed by atoms with Gasteiger partial charge in [0.25, 0.3) is 5.91 Å². The summed E-state index contributed by atoms with van der Waals surface area (Å²) in [7, 11) is 3.13. The fourth-order valence-corrected chi connectivity index (χ4v) is 3.63. The quantitative estimate of drug-likeness (QED) is 0.881. The first-order chi connectivity index (χ1) is 11.5. The maximum atomic E-state index is 12.8. The first-order valence-electron chi connectivity index (χ1n) is 8.50. The van der Waals surface area contributed by atoms with E-state index in [0.29, 0.717) is 43.1 Å². The van der Waals surface area contributed by atoms with Crippen LogP contribution in [0.5, 0.6) is 11.5 Å². The van der Waals surface area contributed by atoms with E-state index in [1.165, 1.54) is 12.8 Å². The van der Waals surface area contributed by atoms with Crippen molar-refractivity contribution < 1.29 is 19.4 Å². The van der Waals surface area contributed by atoms with Gasteiger partial charge in [0.2, 0.25) is 0 Å². The van der Waals surface area contributed by atoms with Crippen molar-refractivity contribution in [3.05, 3.63) is 23.8 Å². The van der Waals surface area contributed by atoms with Gasteiger partial charge < -0.3 is 24.4 Å². The van der Waals surface area contributed by atoms with E-state index in [1.54, 1.807) is 37.3 Å². The zero-order chi connectivity index (χ0) is 17.2. The van der Waals surface area contributed by atoms with Crippen LogP contribution in [0.2, 0.25) is 0 Å². The number of ether oxygens (including phenoxy) is 2. The highest BCUT2D eigenvalue weighted by Gasteiger charge is 2.40. The highest BCUT2D eigenvalue weighted by Crippen LogP contribution is 2.28. The maximum absolute atomic E-state index is 12.8. The van der Waals surface area contributed by atoms with E-state index in [2.05, 4.69) is 4.90 Å². The summed E-state index contributed by atoms with van der Waals surface area (Å²) in [6.45, 7) is 3.69. The molecule has 0 aliphatic carbocycles. The molecule has 1 N–H and O–H groups in total. The Hall–Kier alpha value is -1.79. The van der Waals surface area contributed by atoms with Crippen molar-refractivity contribution in [3.8, 4) is 11.5 Å². The van der Waals surface area contributed by atoms with E-state index in [0.717, 1.165) is 13.1 Å². The molecule has 2 fully saturated rings. The normalized spacial score (nSPS) is 24.4. The van der Waals surface area contributed by atoms with Gasteiger partial charge in [0.1, 0.15) is 11.5 Å². The SMILES string of the molecule is COc1cc(OC)cc(C(=O)N2CC[C@](O)(CN3CCCC3)C2)c1. The Morgan fingerprint density at radius 1 is 1.12 bits per heavy atom. The van der Waals surface area contributed by atoms with Gasteiger partial charge in [0, 0.05) is 24.7 Å². The molecule has 2 aliphatic rings. The molecule has 1 aromatic rings. The Morgan fingerprint density at radius 3 is 2.33 bits per heavy atom. The molecular weight excluding hydrogens is 308 g/mol. The lowest BCUT2D eigenvalue weighted by atomic mass is 10.0. The van der Waals surface area contributed by atoms with E-state index in [9.17, 15) is 9.90 Å². The van der Waals surface area contributed by atoms with Gasteiger partial charge in [-0.15, -0.1) is 0 Å². The Bertz CT molecular complexity index is 578. The second kappa shape index (κ2) is 6.99. The van der Waals surface area contributed by atoms with Crippen LogP contribution in [0.3, 0.4) is 0 Å². The van der Waals surface area contributed by atoms with Gasteiger partial charge in [-0.2, -0.15) is 0 Å². The third-order valence-electron chi connectivity index (χ3n) is 4.93. The van der Waals surface area contributed by atoms with Crippen LogP contribution >= 0.6 is 0 Å². The van der Waals surface area contributed by atoms with Gasteiger partial charge in [-0.1, -0.05) is 0 Å². The summed E-state index contributed by atoms with van der Waals surface area (Å²) in [5.41, 5.74) is -0.278. The van der Waals surface area contributed by atoms with Crippen LogP contribution in [0.4, 0.5) is 0 Å². The average Bonchev–Trinajstić information content (AvgIpc) is 3.23. The largest absolute Gasteiger partial charge is 0.497 e. The Balaban J connectivity index is 1.69. The molecule has 24 heavy (non-hydrogen) atoms. The molecule has 6 heteroatoms.